The van der Waals surface area contributed by atoms with Crippen LogP contribution < -0.4 is 0 Å². The van der Waals surface area contributed by atoms with Crippen molar-refractivity contribution in [1.29, 1.82) is 0 Å². The van der Waals surface area contributed by atoms with E-state index in [1.807, 2.05) is 19.1 Å². The van der Waals surface area contributed by atoms with Gasteiger partial charge in [-0.05, 0) is 24.6 Å². The summed E-state index contributed by atoms with van der Waals surface area (Å²) in [4.78, 5) is 8.20. The van der Waals surface area contributed by atoms with E-state index in [4.69, 9.17) is 0 Å². The minimum atomic E-state index is 0.561. The summed E-state index contributed by atoms with van der Waals surface area (Å²) in [7, 11) is 0. The Morgan fingerprint density at radius 3 is 2.69 bits per heavy atom. The molecule has 0 aliphatic rings. The lowest BCUT2D eigenvalue weighted by molar-refractivity contribution is 0.969. The molecule has 2 rings (SSSR count). The highest BCUT2D eigenvalue weighted by molar-refractivity contribution is 5.48. The molecule has 0 amide bonds. The van der Waals surface area contributed by atoms with Crippen LogP contribution in [0.2, 0.25) is 0 Å². The molecule has 4 heteroatoms. The van der Waals surface area contributed by atoms with E-state index >= 15 is 0 Å². The fraction of sp³-hybridized carbons (Fsp3) is 0.111. The summed E-state index contributed by atoms with van der Waals surface area (Å²) < 4.78 is 0. The molecule has 2 aromatic heterocycles. The van der Waals surface area contributed by atoms with Gasteiger partial charge < -0.3 is 0 Å². The summed E-state index contributed by atoms with van der Waals surface area (Å²) in [6, 6.07) is 3.86. The van der Waals surface area contributed by atoms with Gasteiger partial charge in [-0.25, -0.2) is 4.98 Å². The molecule has 0 saturated carbocycles. The van der Waals surface area contributed by atoms with Crippen LogP contribution in [0.3, 0.4) is 0 Å². The van der Waals surface area contributed by atoms with Crippen molar-refractivity contribution in [3.8, 4) is 11.5 Å². The zero-order valence-electron chi connectivity index (χ0n) is 7.18. The molecule has 2 heterocycles. The Hall–Kier alpha value is -1.84. The molecule has 0 spiro atoms. The minimum Gasteiger partial charge on any atom is -0.253 e. The Morgan fingerprint density at radius 1 is 1.08 bits per heavy atom. The number of nitrogens with zero attached hydrogens (tertiary/aromatic N) is 4. The van der Waals surface area contributed by atoms with Crippen molar-refractivity contribution < 1.29 is 0 Å². The Bertz CT molecular complexity index is 399. The molecule has 4 nitrogen and oxygen atoms in total. The van der Waals surface area contributed by atoms with Gasteiger partial charge in [0.1, 0.15) is 5.69 Å². The smallest absolute Gasteiger partial charge is 0.200 e. The summed E-state index contributed by atoms with van der Waals surface area (Å²) in [5, 5.41) is 7.60. The van der Waals surface area contributed by atoms with Crippen LogP contribution in [-0.4, -0.2) is 20.2 Å². The van der Waals surface area contributed by atoms with Gasteiger partial charge in [0.2, 0.25) is 0 Å². The SMILES string of the molecule is Cc1ccnc(-c2nccnn2)c1. The first-order chi connectivity index (χ1) is 6.36. The molecule has 0 atom stereocenters. The normalized spacial score (nSPS) is 9.92. The molecule has 0 unspecified atom stereocenters. The fourth-order valence-electron chi connectivity index (χ4n) is 1.02. The molecule has 0 radical (unpaired) electrons. The standard InChI is InChI=1S/C9H8N4/c1-7-2-3-10-8(6-7)9-11-4-5-12-13-9/h2-6H,1H3. The van der Waals surface area contributed by atoms with Crippen LogP contribution in [0.4, 0.5) is 0 Å². The van der Waals surface area contributed by atoms with E-state index in [1.165, 1.54) is 0 Å². The van der Waals surface area contributed by atoms with Gasteiger partial charge in [-0.2, -0.15) is 5.10 Å². The topological polar surface area (TPSA) is 51.6 Å². The van der Waals surface area contributed by atoms with Crippen LogP contribution in [0.1, 0.15) is 5.56 Å². The first-order valence-electron chi connectivity index (χ1n) is 3.93. The molecule has 2 aromatic rings. The van der Waals surface area contributed by atoms with E-state index in [1.54, 1.807) is 18.6 Å². The lowest BCUT2D eigenvalue weighted by Crippen LogP contribution is -1.92. The van der Waals surface area contributed by atoms with E-state index in [0.29, 0.717) is 5.82 Å². The van der Waals surface area contributed by atoms with Crippen LogP contribution in [0.5, 0.6) is 0 Å². The van der Waals surface area contributed by atoms with Gasteiger partial charge >= 0.3 is 0 Å². The number of aromatic nitrogens is 4. The summed E-state index contributed by atoms with van der Waals surface area (Å²) in [6.07, 6.45) is 4.88. The van der Waals surface area contributed by atoms with E-state index in [9.17, 15) is 0 Å². The molecule has 0 fully saturated rings. The first-order valence-corrected chi connectivity index (χ1v) is 3.93. The van der Waals surface area contributed by atoms with E-state index < -0.39 is 0 Å². The van der Waals surface area contributed by atoms with Crippen molar-refractivity contribution >= 4 is 0 Å². The number of hydrogen-bond donors (Lipinski definition) is 0. The van der Waals surface area contributed by atoms with Crippen molar-refractivity contribution in [2.75, 3.05) is 0 Å². The van der Waals surface area contributed by atoms with Gasteiger partial charge in [-0.1, -0.05) is 0 Å². The van der Waals surface area contributed by atoms with Gasteiger partial charge in [0.15, 0.2) is 5.82 Å². The van der Waals surface area contributed by atoms with Crippen LogP contribution in [-0.2, 0) is 0 Å². The Balaban J connectivity index is 2.48. The van der Waals surface area contributed by atoms with E-state index in [2.05, 4.69) is 20.2 Å². The van der Waals surface area contributed by atoms with Crippen molar-refractivity contribution in [3.63, 3.8) is 0 Å². The maximum Gasteiger partial charge on any atom is 0.200 e. The zero-order valence-corrected chi connectivity index (χ0v) is 7.18. The van der Waals surface area contributed by atoms with Crippen LogP contribution in [0.15, 0.2) is 30.7 Å². The highest BCUT2D eigenvalue weighted by Crippen LogP contribution is 2.10. The Morgan fingerprint density at radius 2 is 2.00 bits per heavy atom. The molecule has 0 N–H and O–H groups in total. The van der Waals surface area contributed by atoms with Gasteiger partial charge in [0, 0.05) is 12.4 Å². The zero-order chi connectivity index (χ0) is 9.10. The molecule has 0 aliphatic carbocycles. The second-order valence-electron chi connectivity index (χ2n) is 2.68. The van der Waals surface area contributed by atoms with Crippen molar-refractivity contribution in [2.45, 2.75) is 6.92 Å². The summed E-state index contributed by atoms with van der Waals surface area (Å²) in [5.41, 5.74) is 1.89. The summed E-state index contributed by atoms with van der Waals surface area (Å²) in [6.45, 7) is 2.00. The van der Waals surface area contributed by atoms with Gasteiger partial charge in [0.25, 0.3) is 0 Å². The summed E-state index contributed by atoms with van der Waals surface area (Å²) >= 11 is 0. The quantitative estimate of drug-likeness (QED) is 0.649. The number of rotatable bonds is 1. The van der Waals surface area contributed by atoms with Gasteiger partial charge in [-0.3, -0.25) is 4.98 Å². The Kier molecular flexibility index (Phi) is 1.96. The fourth-order valence-corrected chi connectivity index (χ4v) is 1.02. The minimum absolute atomic E-state index is 0.561. The highest BCUT2D eigenvalue weighted by atomic mass is 15.1. The van der Waals surface area contributed by atoms with Crippen molar-refractivity contribution in [1.82, 2.24) is 20.2 Å². The monoisotopic (exact) mass is 172 g/mol. The molecule has 0 bridgehead atoms. The van der Waals surface area contributed by atoms with E-state index in [-0.39, 0.29) is 0 Å². The first kappa shape index (κ1) is 7.79. The van der Waals surface area contributed by atoms with Gasteiger partial charge in [-0.15, -0.1) is 5.10 Å². The number of hydrogen-bond acceptors (Lipinski definition) is 4. The third-order valence-electron chi connectivity index (χ3n) is 1.63. The molecule has 0 aliphatic heterocycles. The summed E-state index contributed by atoms with van der Waals surface area (Å²) in [5.74, 6) is 0.561. The van der Waals surface area contributed by atoms with Gasteiger partial charge in [0.05, 0.1) is 6.20 Å². The van der Waals surface area contributed by atoms with Crippen LogP contribution in [0, 0.1) is 6.92 Å². The third-order valence-corrected chi connectivity index (χ3v) is 1.63. The Labute approximate surface area is 75.7 Å². The highest BCUT2D eigenvalue weighted by Gasteiger charge is 2.00. The lowest BCUT2D eigenvalue weighted by Gasteiger charge is -1.97. The lowest BCUT2D eigenvalue weighted by atomic mass is 10.2. The van der Waals surface area contributed by atoms with Crippen LogP contribution >= 0.6 is 0 Å². The predicted molar refractivity (Wildman–Crippen MR) is 47.8 cm³/mol. The second-order valence-corrected chi connectivity index (χ2v) is 2.68. The van der Waals surface area contributed by atoms with Crippen molar-refractivity contribution in [2.24, 2.45) is 0 Å². The predicted octanol–water partition coefficient (Wildman–Crippen LogP) is 1.24. The molecule has 64 valence electrons. The average molecular weight is 172 g/mol. The average Bonchev–Trinajstić information content (AvgIpc) is 2.19. The maximum absolute atomic E-state index is 4.14. The molecule has 13 heavy (non-hydrogen) atoms. The molecule has 0 saturated heterocycles. The maximum atomic E-state index is 4.14. The molecule has 0 aromatic carbocycles. The largest absolute Gasteiger partial charge is 0.253 e. The second kappa shape index (κ2) is 3.26. The number of aryl methyl sites for hydroxylation is 1. The van der Waals surface area contributed by atoms with Crippen LogP contribution in [0.25, 0.3) is 11.5 Å². The third kappa shape index (κ3) is 1.66. The molecular formula is C9H8N4. The molecular weight excluding hydrogens is 164 g/mol. The number of pyridine rings is 1. The van der Waals surface area contributed by atoms with E-state index in [0.717, 1.165) is 11.3 Å². The van der Waals surface area contributed by atoms with Crippen molar-refractivity contribution in [3.05, 3.63) is 36.3 Å².